The molecule has 17 heavy (non-hydrogen) atoms. The van der Waals surface area contributed by atoms with Gasteiger partial charge in [0, 0.05) is 0 Å². The van der Waals surface area contributed by atoms with E-state index in [-0.39, 0.29) is 11.9 Å². The first kappa shape index (κ1) is 13.5. The van der Waals surface area contributed by atoms with Gasteiger partial charge in [0.25, 0.3) is 0 Å². The highest BCUT2D eigenvalue weighted by Crippen LogP contribution is 2.20. The summed E-state index contributed by atoms with van der Waals surface area (Å²) in [4.78, 5) is 22.4. The summed E-state index contributed by atoms with van der Waals surface area (Å²) in [5.41, 5.74) is 0. The van der Waals surface area contributed by atoms with Crippen LogP contribution in [-0.4, -0.2) is 35.2 Å². The topological polar surface area (TPSA) is 75.6 Å². The number of ether oxygens (including phenoxy) is 1. The number of hydrogen-bond acceptors (Lipinski definition) is 3. The lowest BCUT2D eigenvalue weighted by Crippen LogP contribution is -2.41. The van der Waals surface area contributed by atoms with Crippen LogP contribution in [0.2, 0.25) is 0 Å². The van der Waals surface area contributed by atoms with E-state index in [0.29, 0.717) is 19.3 Å². The normalized spacial score (nSPS) is 24.9. The van der Waals surface area contributed by atoms with Gasteiger partial charge in [-0.25, -0.2) is 4.79 Å². The second-order valence-electron chi connectivity index (χ2n) is 4.05. The van der Waals surface area contributed by atoms with Crippen LogP contribution in [0.4, 0.5) is 0 Å². The predicted octanol–water partition coefficient (Wildman–Crippen LogP) is 0.537. The number of carbonyl (C=O) groups is 2. The Bertz CT molecular complexity index is 334. The fraction of sp³-hybridized carbons (Fsp3) is 0.667. The summed E-state index contributed by atoms with van der Waals surface area (Å²) in [6, 6.07) is -0.306. The number of terminal acetylenes is 1. The zero-order valence-corrected chi connectivity index (χ0v) is 9.81. The van der Waals surface area contributed by atoms with Crippen LogP contribution in [0.15, 0.2) is 0 Å². The minimum atomic E-state index is -1.03. The van der Waals surface area contributed by atoms with Gasteiger partial charge in [-0.3, -0.25) is 4.79 Å². The summed E-state index contributed by atoms with van der Waals surface area (Å²) < 4.78 is 5.13. The lowest BCUT2D eigenvalue weighted by atomic mass is 10.1. The molecule has 0 aliphatic carbocycles. The first-order valence-corrected chi connectivity index (χ1v) is 5.73. The van der Waals surface area contributed by atoms with Crippen LogP contribution in [-0.2, 0) is 14.3 Å². The first-order chi connectivity index (χ1) is 8.08. The summed E-state index contributed by atoms with van der Waals surface area (Å²) in [5.74, 6) is 1.15. The van der Waals surface area contributed by atoms with E-state index >= 15 is 0 Å². The molecule has 1 aliphatic heterocycles. The van der Waals surface area contributed by atoms with E-state index in [1.807, 2.05) is 6.92 Å². The maximum absolute atomic E-state index is 11.7. The van der Waals surface area contributed by atoms with Crippen molar-refractivity contribution in [2.24, 2.45) is 0 Å². The molecule has 1 fully saturated rings. The standard InChI is InChI=1S/C12H17NO4/c1-3-5-8(4-2)13-11(14)9-6-7-10(17-9)12(15)16/h2,8-10H,3,5-7H2,1H3,(H,13,14)(H,15,16). The first-order valence-electron chi connectivity index (χ1n) is 5.73. The van der Waals surface area contributed by atoms with Crippen LogP contribution in [0.25, 0.3) is 0 Å². The average Bonchev–Trinajstić information content (AvgIpc) is 2.77. The Labute approximate surface area is 101 Å². The fourth-order valence-electron chi connectivity index (χ4n) is 1.76. The minimum Gasteiger partial charge on any atom is -0.479 e. The summed E-state index contributed by atoms with van der Waals surface area (Å²) in [7, 11) is 0. The Balaban J connectivity index is 2.44. The Morgan fingerprint density at radius 2 is 2.18 bits per heavy atom. The van der Waals surface area contributed by atoms with Crippen molar-refractivity contribution in [3.63, 3.8) is 0 Å². The van der Waals surface area contributed by atoms with Crippen LogP contribution in [0.1, 0.15) is 32.6 Å². The lowest BCUT2D eigenvalue weighted by molar-refractivity contribution is -0.151. The van der Waals surface area contributed by atoms with Gasteiger partial charge in [0.2, 0.25) is 5.91 Å². The summed E-state index contributed by atoms with van der Waals surface area (Å²) in [6.07, 6.45) is 6.08. The number of carboxylic acids is 1. The molecule has 2 N–H and O–H groups in total. The Morgan fingerprint density at radius 3 is 2.65 bits per heavy atom. The number of carboxylic acid groups (broad SMARTS) is 1. The molecule has 94 valence electrons. The van der Waals surface area contributed by atoms with Gasteiger partial charge in [-0.15, -0.1) is 6.42 Å². The molecule has 0 spiro atoms. The van der Waals surface area contributed by atoms with Crippen molar-refractivity contribution in [1.82, 2.24) is 5.32 Å². The molecule has 3 atom stereocenters. The zero-order valence-electron chi connectivity index (χ0n) is 9.81. The largest absolute Gasteiger partial charge is 0.479 e. The van der Waals surface area contributed by atoms with Crippen LogP contribution < -0.4 is 5.32 Å². The third-order valence-corrected chi connectivity index (χ3v) is 2.68. The van der Waals surface area contributed by atoms with Crippen molar-refractivity contribution in [1.29, 1.82) is 0 Å². The zero-order chi connectivity index (χ0) is 12.8. The molecule has 0 aromatic rings. The number of aliphatic carboxylic acids is 1. The highest BCUT2D eigenvalue weighted by Gasteiger charge is 2.35. The van der Waals surface area contributed by atoms with Crippen LogP contribution in [0.3, 0.4) is 0 Å². The van der Waals surface area contributed by atoms with Crippen molar-refractivity contribution in [3.05, 3.63) is 0 Å². The van der Waals surface area contributed by atoms with Crippen LogP contribution in [0, 0.1) is 12.3 Å². The van der Waals surface area contributed by atoms with Gasteiger partial charge in [-0.1, -0.05) is 19.3 Å². The number of hydrogen-bond donors (Lipinski definition) is 2. The Kier molecular flexibility index (Phi) is 4.98. The summed E-state index contributed by atoms with van der Waals surface area (Å²) in [5, 5.41) is 11.4. The van der Waals surface area contributed by atoms with E-state index in [0.717, 1.165) is 6.42 Å². The van der Waals surface area contributed by atoms with Crippen LogP contribution in [0.5, 0.6) is 0 Å². The van der Waals surface area contributed by atoms with E-state index in [1.165, 1.54) is 0 Å². The second kappa shape index (κ2) is 6.26. The van der Waals surface area contributed by atoms with E-state index in [1.54, 1.807) is 0 Å². The molecule has 1 rings (SSSR count). The Morgan fingerprint density at radius 1 is 1.53 bits per heavy atom. The summed E-state index contributed by atoms with van der Waals surface area (Å²) >= 11 is 0. The number of rotatable bonds is 5. The maximum atomic E-state index is 11.7. The second-order valence-corrected chi connectivity index (χ2v) is 4.05. The van der Waals surface area contributed by atoms with Gasteiger partial charge in [0.05, 0.1) is 6.04 Å². The van der Waals surface area contributed by atoms with Gasteiger partial charge in [-0.2, -0.15) is 0 Å². The molecule has 0 aromatic carbocycles. The SMILES string of the molecule is C#CC(CCC)NC(=O)C1CCC(C(=O)O)O1. The molecule has 5 heteroatoms. The van der Waals surface area contributed by atoms with Crippen molar-refractivity contribution >= 4 is 11.9 Å². The molecular weight excluding hydrogens is 222 g/mol. The van der Waals surface area contributed by atoms with E-state index in [2.05, 4.69) is 11.2 Å². The smallest absolute Gasteiger partial charge is 0.332 e. The molecule has 0 saturated carbocycles. The molecule has 3 unspecified atom stereocenters. The van der Waals surface area contributed by atoms with Crippen molar-refractivity contribution < 1.29 is 19.4 Å². The molecule has 0 radical (unpaired) electrons. The molecule has 1 aliphatic rings. The average molecular weight is 239 g/mol. The quantitative estimate of drug-likeness (QED) is 0.686. The number of amides is 1. The lowest BCUT2D eigenvalue weighted by Gasteiger charge is -2.15. The predicted molar refractivity (Wildman–Crippen MR) is 61.2 cm³/mol. The molecular formula is C12H17NO4. The maximum Gasteiger partial charge on any atom is 0.332 e. The summed E-state index contributed by atoms with van der Waals surface area (Å²) in [6.45, 7) is 1.98. The molecule has 5 nitrogen and oxygen atoms in total. The number of carbonyl (C=O) groups excluding carboxylic acids is 1. The fourth-order valence-corrected chi connectivity index (χ4v) is 1.76. The molecule has 0 aromatic heterocycles. The van der Waals surface area contributed by atoms with Gasteiger partial charge in [-0.05, 0) is 19.3 Å². The highest BCUT2D eigenvalue weighted by molar-refractivity contribution is 5.83. The van der Waals surface area contributed by atoms with Gasteiger partial charge >= 0.3 is 5.97 Å². The minimum absolute atomic E-state index is 0.306. The van der Waals surface area contributed by atoms with Crippen molar-refractivity contribution in [3.8, 4) is 12.3 Å². The monoisotopic (exact) mass is 239 g/mol. The van der Waals surface area contributed by atoms with E-state index < -0.39 is 18.2 Å². The Hall–Kier alpha value is -1.54. The van der Waals surface area contributed by atoms with Gasteiger partial charge in [0.1, 0.15) is 6.10 Å². The molecule has 1 heterocycles. The van der Waals surface area contributed by atoms with Gasteiger partial charge < -0.3 is 15.2 Å². The van der Waals surface area contributed by atoms with E-state index in [9.17, 15) is 9.59 Å². The third-order valence-electron chi connectivity index (χ3n) is 2.68. The van der Waals surface area contributed by atoms with Gasteiger partial charge in [0.15, 0.2) is 6.10 Å². The van der Waals surface area contributed by atoms with Crippen LogP contribution >= 0.6 is 0 Å². The number of nitrogens with one attached hydrogen (secondary N) is 1. The molecule has 0 bridgehead atoms. The molecule has 1 saturated heterocycles. The highest BCUT2D eigenvalue weighted by atomic mass is 16.5. The van der Waals surface area contributed by atoms with Crippen molar-refractivity contribution in [2.45, 2.75) is 50.9 Å². The third kappa shape index (κ3) is 3.75. The van der Waals surface area contributed by atoms with E-state index in [4.69, 9.17) is 16.3 Å². The molecule has 1 amide bonds. The van der Waals surface area contributed by atoms with Crippen molar-refractivity contribution in [2.75, 3.05) is 0 Å².